The summed E-state index contributed by atoms with van der Waals surface area (Å²) in [4.78, 5) is 13.8. The van der Waals surface area contributed by atoms with Gasteiger partial charge < -0.3 is 10.6 Å². The summed E-state index contributed by atoms with van der Waals surface area (Å²) < 4.78 is 14.2. The van der Waals surface area contributed by atoms with Crippen LogP contribution in [0.1, 0.15) is 49.2 Å². The van der Waals surface area contributed by atoms with E-state index in [1.165, 1.54) is 11.8 Å². The molecule has 24 heavy (non-hydrogen) atoms. The monoisotopic (exact) mass is 335 g/mol. The highest BCUT2D eigenvalue weighted by Gasteiger charge is 2.22. The first-order valence-corrected chi connectivity index (χ1v) is 8.86. The van der Waals surface area contributed by atoms with E-state index in [4.69, 9.17) is 0 Å². The second-order valence-corrected chi connectivity index (χ2v) is 5.25. The Bertz CT molecular complexity index is 584. The normalized spacial score (nSPS) is 15.2. The zero-order valence-electron chi connectivity index (χ0n) is 15.5. The summed E-state index contributed by atoms with van der Waals surface area (Å²) in [7, 11) is 1.56. The Morgan fingerprint density at radius 2 is 1.96 bits per heavy atom. The van der Waals surface area contributed by atoms with Gasteiger partial charge in [-0.25, -0.2) is 4.39 Å². The van der Waals surface area contributed by atoms with Crippen molar-refractivity contribution in [2.45, 2.75) is 40.7 Å². The number of nitrogens with one attached hydrogen (secondary N) is 2. The minimum Gasteiger partial charge on any atom is -0.384 e. The van der Waals surface area contributed by atoms with E-state index in [9.17, 15) is 9.18 Å². The molecule has 0 saturated carbocycles. The topological polar surface area (TPSA) is 44.4 Å². The van der Waals surface area contributed by atoms with Gasteiger partial charge in [-0.2, -0.15) is 0 Å². The molecule has 0 radical (unpaired) electrons. The van der Waals surface area contributed by atoms with Gasteiger partial charge in [0.05, 0.1) is 0 Å². The molecule has 3 rings (SSSR count). The SMILES string of the molecule is CC.CC.CNC(=O)c1cc(F)c2c(c1)CCN(CC1=CCN1)C2. The van der Waals surface area contributed by atoms with E-state index in [0.717, 1.165) is 37.2 Å². The third-order valence-corrected chi connectivity index (χ3v) is 3.93. The molecule has 1 amide bonds. The van der Waals surface area contributed by atoms with Crippen LogP contribution >= 0.6 is 0 Å². The molecule has 0 spiro atoms. The molecular formula is C19H30FN3O. The summed E-state index contributed by atoms with van der Waals surface area (Å²) in [5.41, 5.74) is 3.30. The lowest BCUT2D eigenvalue weighted by atomic mass is 9.96. The fourth-order valence-corrected chi connectivity index (χ4v) is 2.69. The van der Waals surface area contributed by atoms with Crippen LogP contribution in [-0.2, 0) is 13.0 Å². The Labute approximate surface area is 145 Å². The van der Waals surface area contributed by atoms with Gasteiger partial charge in [0.2, 0.25) is 0 Å². The number of carbonyl (C=O) groups excluding carboxylic acids is 1. The van der Waals surface area contributed by atoms with Crippen LogP contribution in [-0.4, -0.2) is 37.5 Å². The maximum Gasteiger partial charge on any atom is 0.251 e. The maximum atomic E-state index is 14.2. The molecule has 2 aliphatic heterocycles. The Kier molecular flexibility index (Phi) is 8.47. The van der Waals surface area contributed by atoms with Gasteiger partial charge >= 0.3 is 0 Å². The molecule has 0 unspecified atom stereocenters. The minimum atomic E-state index is -0.277. The lowest BCUT2D eigenvalue weighted by Crippen LogP contribution is -2.38. The standard InChI is InChI=1S/C15H18FN3O.2C2H6/c1-17-15(20)11-6-10-3-5-19(8-12-2-4-18-12)9-13(10)14(16)7-11;2*1-2/h2,6-7,18H,3-5,8-9H2,1H3,(H,17,20);2*1-2H3. The van der Waals surface area contributed by atoms with Crippen molar-refractivity contribution >= 4 is 5.91 Å². The van der Waals surface area contributed by atoms with Gasteiger partial charge in [-0.3, -0.25) is 9.69 Å². The molecule has 1 aromatic rings. The van der Waals surface area contributed by atoms with Gasteiger partial charge in [0.1, 0.15) is 5.82 Å². The molecule has 0 fully saturated rings. The Morgan fingerprint density at radius 1 is 1.29 bits per heavy atom. The van der Waals surface area contributed by atoms with Gasteiger partial charge in [-0.05, 0) is 30.2 Å². The second-order valence-electron chi connectivity index (χ2n) is 5.25. The number of fused-ring (bicyclic) bond motifs is 1. The third-order valence-electron chi connectivity index (χ3n) is 3.93. The number of amides is 1. The highest BCUT2D eigenvalue weighted by Crippen LogP contribution is 2.24. The minimum absolute atomic E-state index is 0.238. The van der Waals surface area contributed by atoms with Crippen LogP contribution < -0.4 is 10.6 Å². The second kappa shape index (κ2) is 10.1. The molecule has 2 N–H and O–H groups in total. The van der Waals surface area contributed by atoms with E-state index < -0.39 is 0 Å². The highest BCUT2D eigenvalue weighted by molar-refractivity contribution is 5.94. The van der Waals surface area contributed by atoms with Crippen LogP contribution in [0.2, 0.25) is 0 Å². The van der Waals surface area contributed by atoms with Crippen LogP contribution in [0.25, 0.3) is 0 Å². The number of halogens is 1. The van der Waals surface area contributed by atoms with Crippen molar-refractivity contribution in [3.63, 3.8) is 0 Å². The lowest BCUT2D eigenvalue weighted by molar-refractivity contribution is 0.0962. The zero-order valence-corrected chi connectivity index (χ0v) is 15.5. The van der Waals surface area contributed by atoms with Crippen molar-refractivity contribution in [3.05, 3.63) is 46.4 Å². The summed E-state index contributed by atoms with van der Waals surface area (Å²) in [6.45, 7) is 11.3. The third kappa shape index (κ3) is 4.81. The van der Waals surface area contributed by atoms with Gasteiger partial charge in [0, 0.05) is 50.1 Å². The first-order valence-electron chi connectivity index (χ1n) is 8.86. The first-order chi connectivity index (χ1) is 11.7. The Hall–Kier alpha value is -1.88. The summed E-state index contributed by atoms with van der Waals surface area (Å²) in [6.07, 6.45) is 2.94. The molecule has 5 heteroatoms. The van der Waals surface area contributed by atoms with Crippen molar-refractivity contribution < 1.29 is 9.18 Å². The van der Waals surface area contributed by atoms with E-state index in [1.807, 2.05) is 33.8 Å². The maximum absolute atomic E-state index is 14.2. The van der Waals surface area contributed by atoms with Crippen molar-refractivity contribution in [3.8, 4) is 0 Å². The quantitative estimate of drug-likeness (QED) is 0.892. The van der Waals surface area contributed by atoms with Crippen LogP contribution in [0.15, 0.2) is 23.9 Å². The number of benzene rings is 1. The predicted molar refractivity (Wildman–Crippen MR) is 97.6 cm³/mol. The van der Waals surface area contributed by atoms with Gasteiger partial charge in [0.15, 0.2) is 0 Å². The van der Waals surface area contributed by atoms with E-state index in [2.05, 4.69) is 21.6 Å². The Morgan fingerprint density at radius 3 is 2.50 bits per heavy atom. The molecule has 4 nitrogen and oxygen atoms in total. The molecule has 134 valence electrons. The molecular weight excluding hydrogens is 305 g/mol. The molecule has 2 aliphatic rings. The number of nitrogens with zero attached hydrogens (tertiary/aromatic N) is 1. The predicted octanol–water partition coefficient (Wildman–Crippen LogP) is 3.08. The van der Waals surface area contributed by atoms with E-state index in [-0.39, 0.29) is 11.7 Å². The lowest BCUT2D eigenvalue weighted by Gasteiger charge is -2.32. The molecule has 0 bridgehead atoms. The average molecular weight is 335 g/mol. The van der Waals surface area contributed by atoms with Crippen LogP contribution in [0.5, 0.6) is 0 Å². The fourth-order valence-electron chi connectivity index (χ4n) is 2.69. The van der Waals surface area contributed by atoms with Crippen LogP contribution in [0.4, 0.5) is 4.39 Å². The van der Waals surface area contributed by atoms with E-state index in [0.29, 0.717) is 12.1 Å². The Balaban J connectivity index is 0.000000671. The number of hydrogen-bond donors (Lipinski definition) is 2. The highest BCUT2D eigenvalue weighted by atomic mass is 19.1. The summed E-state index contributed by atoms with van der Waals surface area (Å²) >= 11 is 0. The van der Waals surface area contributed by atoms with Gasteiger partial charge in [-0.1, -0.05) is 27.7 Å². The number of rotatable bonds is 3. The summed E-state index contributed by atoms with van der Waals surface area (Å²) in [5.74, 6) is -0.515. The van der Waals surface area contributed by atoms with E-state index in [1.54, 1.807) is 7.05 Å². The number of hydrogen-bond acceptors (Lipinski definition) is 3. The van der Waals surface area contributed by atoms with Gasteiger partial charge in [0.25, 0.3) is 5.91 Å². The van der Waals surface area contributed by atoms with Crippen molar-refractivity contribution in [2.75, 3.05) is 26.7 Å². The fraction of sp³-hybridized carbons (Fsp3) is 0.526. The first kappa shape index (κ1) is 20.2. The largest absolute Gasteiger partial charge is 0.384 e. The average Bonchev–Trinajstić information content (AvgIpc) is 2.61. The summed E-state index contributed by atoms with van der Waals surface area (Å²) in [6, 6.07) is 3.15. The summed E-state index contributed by atoms with van der Waals surface area (Å²) in [5, 5.41) is 5.77. The smallest absolute Gasteiger partial charge is 0.251 e. The number of carbonyl (C=O) groups is 1. The van der Waals surface area contributed by atoms with Crippen molar-refractivity contribution in [2.24, 2.45) is 0 Å². The molecule has 0 aromatic heterocycles. The van der Waals surface area contributed by atoms with Crippen molar-refractivity contribution in [1.29, 1.82) is 0 Å². The molecule has 2 heterocycles. The van der Waals surface area contributed by atoms with Crippen LogP contribution in [0, 0.1) is 5.82 Å². The molecule has 1 aromatic carbocycles. The van der Waals surface area contributed by atoms with Crippen molar-refractivity contribution in [1.82, 2.24) is 15.5 Å². The van der Waals surface area contributed by atoms with E-state index >= 15 is 0 Å². The zero-order chi connectivity index (χ0) is 18.1. The molecule has 0 atom stereocenters. The molecule has 0 aliphatic carbocycles. The molecule has 0 saturated heterocycles. The van der Waals surface area contributed by atoms with Crippen LogP contribution in [0.3, 0.4) is 0 Å². The van der Waals surface area contributed by atoms with Gasteiger partial charge in [-0.15, -0.1) is 0 Å².